The predicted octanol–water partition coefficient (Wildman–Crippen LogP) is 4.29. The summed E-state index contributed by atoms with van der Waals surface area (Å²) in [7, 11) is 1.57. The average Bonchev–Trinajstić information content (AvgIpc) is 3.00. The molecule has 0 aliphatic carbocycles. The number of ether oxygens (including phenoxy) is 1. The molecule has 16 heteroatoms. The van der Waals surface area contributed by atoms with Gasteiger partial charge in [0, 0.05) is 7.05 Å². The van der Waals surface area contributed by atoms with Gasteiger partial charge in [0.2, 0.25) is 0 Å². The van der Waals surface area contributed by atoms with Gasteiger partial charge in [-0.1, -0.05) is 0 Å². The third-order valence-electron chi connectivity index (χ3n) is 3.67. The summed E-state index contributed by atoms with van der Waals surface area (Å²) < 4.78 is 110. The Morgan fingerprint density at radius 1 is 1.10 bits per heavy atom. The fourth-order valence-corrected chi connectivity index (χ4v) is 2.72. The molecule has 2 aromatic rings. The first kappa shape index (κ1) is 24.5. The van der Waals surface area contributed by atoms with E-state index in [4.69, 9.17) is 0 Å². The number of aromatic nitrogens is 3. The molecule has 1 N–H and O–H groups in total. The number of nitrogens with one attached hydrogen (secondary N) is 1. The van der Waals surface area contributed by atoms with E-state index in [1.54, 1.807) is 5.32 Å². The number of alkyl halides is 8. The first-order valence-corrected chi connectivity index (χ1v) is 8.47. The van der Waals surface area contributed by atoms with Crippen LogP contribution in [-0.2, 0) is 23.9 Å². The van der Waals surface area contributed by atoms with Crippen molar-refractivity contribution in [1.82, 2.24) is 14.8 Å². The fourth-order valence-electron chi connectivity index (χ4n) is 2.33. The lowest BCUT2D eigenvalue weighted by molar-refractivity contribution is -0.292. The van der Waals surface area contributed by atoms with E-state index in [-0.39, 0.29) is 9.15 Å². The van der Waals surface area contributed by atoms with E-state index in [0.717, 1.165) is 19.2 Å². The van der Waals surface area contributed by atoms with Crippen LogP contribution in [0.3, 0.4) is 0 Å². The van der Waals surface area contributed by atoms with Crippen molar-refractivity contribution in [2.75, 3.05) is 12.4 Å². The number of esters is 1. The minimum atomic E-state index is -6.40. The number of carbonyl (C=O) groups is 2. The van der Waals surface area contributed by atoms with Crippen molar-refractivity contribution < 1.29 is 49.4 Å². The van der Waals surface area contributed by atoms with Crippen LogP contribution in [0, 0.1) is 0 Å². The SMILES string of the molecule is COC(=O)c1nc(NC(=O)c2c(C(F)(F)F)c(C(F)(F)C(F)(F)F)nn2C)ccc1Br. The van der Waals surface area contributed by atoms with Gasteiger partial charge in [0.15, 0.2) is 11.4 Å². The lowest BCUT2D eigenvalue weighted by Crippen LogP contribution is -2.36. The average molecular weight is 525 g/mol. The third kappa shape index (κ3) is 4.62. The molecule has 0 spiro atoms. The summed E-state index contributed by atoms with van der Waals surface area (Å²) in [4.78, 5) is 27.6. The Morgan fingerprint density at radius 3 is 2.16 bits per heavy atom. The molecule has 2 aromatic heterocycles. The maximum Gasteiger partial charge on any atom is 0.459 e. The predicted molar refractivity (Wildman–Crippen MR) is 89.4 cm³/mol. The van der Waals surface area contributed by atoms with Gasteiger partial charge in [-0.15, -0.1) is 0 Å². The van der Waals surface area contributed by atoms with E-state index in [1.807, 2.05) is 0 Å². The number of rotatable bonds is 4. The van der Waals surface area contributed by atoms with E-state index in [1.165, 1.54) is 0 Å². The Hall–Kier alpha value is -2.78. The number of methoxy groups -OCH3 is 1. The minimum Gasteiger partial charge on any atom is -0.464 e. The number of nitrogens with zero attached hydrogens (tertiary/aromatic N) is 3. The molecule has 0 unspecified atom stereocenters. The summed E-state index contributed by atoms with van der Waals surface area (Å²) in [6, 6.07) is 2.18. The van der Waals surface area contributed by atoms with Crippen LogP contribution in [0.1, 0.15) is 32.2 Å². The van der Waals surface area contributed by atoms with Crippen molar-refractivity contribution in [3.8, 4) is 0 Å². The Bertz CT molecular complexity index is 1030. The molecule has 0 radical (unpaired) electrons. The van der Waals surface area contributed by atoms with Crippen LogP contribution in [0.5, 0.6) is 0 Å². The number of hydrogen-bond acceptors (Lipinski definition) is 5. The summed E-state index contributed by atoms with van der Waals surface area (Å²) >= 11 is 2.95. The molecule has 0 saturated carbocycles. The van der Waals surface area contributed by atoms with Crippen LogP contribution in [-0.4, -0.2) is 39.9 Å². The highest BCUT2D eigenvalue weighted by Crippen LogP contribution is 2.48. The molecule has 0 saturated heterocycles. The van der Waals surface area contributed by atoms with Gasteiger partial charge < -0.3 is 10.1 Å². The molecule has 2 heterocycles. The molecule has 0 aromatic carbocycles. The third-order valence-corrected chi connectivity index (χ3v) is 4.31. The van der Waals surface area contributed by atoms with E-state index < -0.39 is 58.6 Å². The molecule has 170 valence electrons. The Balaban J connectivity index is 2.60. The number of anilines is 1. The van der Waals surface area contributed by atoms with E-state index in [0.29, 0.717) is 7.05 Å². The second-order valence-corrected chi connectivity index (χ2v) is 6.59. The fraction of sp³-hybridized carbons (Fsp3) is 0.333. The lowest BCUT2D eigenvalue weighted by Gasteiger charge is -2.19. The number of carbonyl (C=O) groups excluding carboxylic acids is 2. The van der Waals surface area contributed by atoms with Gasteiger partial charge >= 0.3 is 24.2 Å². The minimum absolute atomic E-state index is 0.0623. The molecule has 0 atom stereocenters. The molecular weight excluding hydrogens is 516 g/mol. The highest BCUT2D eigenvalue weighted by atomic mass is 79.9. The smallest absolute Gasteiger partial charge is 0.459 e. The highest BCUT2D eigenvalue weighted by Gasteiger charge is 2.64. The van der Waals surface area contributed by atoms with Crippen molar-refractivity contribution in [2.45, 2.75) is 18.3 Å². The topological polar surface area (TPSA) is 86.1 Å². The standard InChI is InChI=1S/C15H9BrF8N4O3/c1-28-9(7(14(19,20)21)10(27-28)13(17,18)15(22,23)24)11(29)26-6-4-3-5(16)8(25-6)12(30)31-2/h3-4H,1-2H3,(H,25,26,29). The Labute approximate surface area is 175 Å². The Morgan fingerprint density at radius 2 is 1.68 bits per heavy atom. The van der Waals surface area contributed by atoms with Crippen molar-refractivity contribution in [3.05, 3.63) is 39.3 Å². The van der Waals surface area contributed by atoms with Crippen LogP contribution in [0.15, 0.2) is 16.6 Å². The number of halogens is 9. The largest absolute Gasteiger partial charge is 0.464 e. The van der Waals surface area contributed by atoms with Gasteiger partial charge in [-0.3, -0.25) is 9.48 Å². The summed E-state index contributed by atoms with van der Waals surface area (Å²) in [5.74, 6) is -9.27. The number of hydrogen-bond donors (Lipinski definition) is 1. The van der Waals surface area contributed by atoms with Gasteiger partial charge in [0.25, 0.3) is 5.91 Å². The molecule has 0 aliphatic rings. The summed E-state index contributed by atoms with van der Waals surface area (Å²) in [6.07, 6.45) is -12.2. The van der Waals surface area contributed by atoms with Gasteiger partial charge in [0.1, 0.15) is 17.1 Å². The second kappa shape index (κ2) is 8.05. The molecule has 0 fully saturated rings. The molecule has 1 amide bonds. The molecule has 0 aliphatic heterocycles. The molecule has 2 rings (SSSR count). The zero-order valence-electron chi connectivity index (χ0n) is 15.1. The summed E-state index contributed by atoms with van der Waals surface area (Å²) in [5.41, 5.74) is -7.28. The van der Waals surface area contributed by atoms with E-state index in [9.17, 15) is 44.7 Å². The van der Waals surface area contributed by atoms with Crippen LogP contribution in [0.25, 0.3) is 0 Å². The zero-order chi connectivity index (χ0) is 23.9. The molecule has 31 heavy (non-hydrogen) atoms. The monoisotopic (exact) mass is 524 g/mol. The highest BCUT2D eigenvalue weighted by molar-refractivity contribution is 9.10. The molecule has 7 nitrogen and oxygen atoms in total. The summed E-state index contributed by atoms with van der Waals surface area (Å²) in [5, 5.41) is 4.41. The normalized spacial score (nSPS) is 12.6. The number of pyridine rings is 1. The molecule has 0 bridgehead atoms. The van der Waals surface area contributed by atoms with Gasteiger partial charge in [-0.05, 0) is 28.1 Å². The van der Waals surface area contributed by atoms with Gasteiger partial charge in [-0.2, -0.15) is 40.2 Å². The maximum atomic E-state index is 13.7. The first-order valence-electron chi connectivity index (χ1n) is 7.67. The number of aryl methyl sites for hydroxylation is 1. The van der Waals surface area contributed by atoms with E-state index >= 15 is 0 Å². The van der Waals surface area contributed by atoms with Crippen molar-refractivity contribution in [2.24, 2.45) is 7.05 Å². The van der Waals surface area contributed by atoms with Crippen molar-refractivity contribution >= 4 is 33.6 Å². The first-order chi connectivity index (χ1) is 14.0. The van der Waals surface area contributed by atoms with Gasteiger partial charge in [0.05, 0.1) is 11.6 Å². The lowest BCUT2D eigenvalue weighted by atomic mass is 10.1. The zero-order valence-corrected chi connectivity index (χ0v) is 16.7. The molecular formula is C15H9BrF8N4O3. The maximum absolute atomic E-state index is 13.7. The van der Waals surface area contributed by atoms with Crippen LogP contribution >= 0.6 is 15.9 Å². The Kier molecular flexibility index (Phi) is 6.36. The van der Waals surface area contributed by atoms with E-state index in [2.05, 4.69) is 30.7 Å². The van der Waals surface area contributed by atoms with Gasteiger partial charge in [-0.25, -0.2) is 9.78 Å². The van der Waals surface area contributed by atoms with Crippen LogP contribution < -0.4 is 5.32 Å². The van der Waals surface area contributed by atoms with Crippen LogP contribution in [0.2, 0.25) is 0 Å². The second-order valence-electron chi connectivity index (χ2n) is 5.74. The van der Waals surface area contributed by atoms with Crippen LogP contribution in [0.4, 0.5) is 40.9 Å². The number of amides is 1. The van der Waals surface area contributed by atoms with Crippen molar-refractivity contribution in [1.29, 1.82) is 0 Å². The van der Waals surface area contributed by atoms with Crippen molar-refractivity contribution in [3.63, 3.8) is 0 Å². The quantitative estimate of drug-likeness (QED) is 0.476. The summed E-state index contributed by atoms with van der Waals surface area (Å²) in [6.45, 7) is 0.